The molecule has 1 heterocycles. The number of aromatic nitrogens is 2. The number of phenolic OH excluding ortho intramolecular Hbond substituents is 1. The summed E-state index contributed by atoms with van der Waals surface area (Å²) in [5, 5.41) is 13.2. The Hall–Kier alpha value is -1.49. The molecule has 0 bridgehead atoms. The minimum Gasteiger partial charge on any atom is -0.508 e. The van der Waals surface area contributed by atoms with Crippen molar-refractivity contribution in [3.8, 4) is 5.75 Å². The zero-order chi connectivity index (χ0) is 13.7. The molecule has 0 radical (unpaired) electrons. The van der Waals surface area contributed by atoms with Gasteiger partial charge in [-0.05, 0) is 29.4 Å². The monoisotopic (exact) mass is 278 g/mol. The van der Waals surface area contributed by atoms with E-state index in [0.29, 0.717) is 18.2 Å². The van der Waals surface area contributed by atoms with Crippen LogP contribution in [0.4, 0.5) is 0 Å². The quantitative estimate of drug-likeness (QED) is 0.879. The highest BCUT2D eigenvalue weighted by Crippen LogP contribution is 2.15. The molecule has 1 aromatic heterocycles. The molecule has 19 heavy (non-hydrogen) atoms. The SMILES string of the molecule is CC(C)CSCc1noc(Cc2ccc(O)cc2)n1. The molecule has 2 rings (SSSR count). The van der Waals surface area contributed by atoms with Crippen molar-refractivity contribution in [2.45, 2.75) is 26.0 Å². The highest BCUT2D eigenvalue weighted by molar-refractivity contribution is 7.98. The van der Waals surface area contributed by atoms with E-state index in [1.807, 2.05) is 23.9 Å². The predicted molar refractivity (Wildman–Crippen MR) is 76.2 cm³/mol. The molecule has 0 aliphatic heterocycles. The van der Waals surface area contributed by atoms with Gasteiger partial charge in [0.15, 0.2) is 5.82 Å². The number of hydrogen-bond acceptors (Lipinski definition) is 5. The first-order valence-corrected chi connectivity index (χ1v) is 7.46. The number of rotatable bonds is 6. The van der Waals surface area contributed by atoms with Crippen LogP contribution < -0.4 is 0 Å². The van der Waals surface area contributed by atoms with E-state index < -0.39 is 0 Å². The first kappa shape index (κ1) is 13.9. The van der Waals surface area contributed by atoms with Gasteiger partial charge in [0.25, 0.3) is 0 Å². The van der Waals surface area contributed by atoms with Gasteiger partial charge < -0.3 is 9.63 Å². The highest BCUT2D eigenvalue weighted by atomic mass is 32.2. The molecule has 0 saturated carbocycles. The van der Waals surface area contributed by atoms with E-state index in [1.54, 1.807) is 12.1 Å². The maximum Gasteiger partial charge on any atom is 0.231 e. The second-order valence-corrected chi connectivity index (χ2v) is 5.89. The fourth-order valence-corrected chi connectivity index (χ4v) is 2.48. The van der Waals surface area contributed by atoms with Crippen molar-refractivity contribution in [1.82, 2.24) is 10.1 Å². The number of hydrogen-bond donors (Lipinski definition) is 1. The molecule has 0 unspecified atom stereocenters. The van der Waals surface area contributed by atoms with Crippen LogP contribution in [-0.4, -0.2) is 21.0 Å². The largest absolute Gasteiger partial charge is 0.508 e. The normalized spacial score (nSPS) is 11.1. The van der Waals surface area contributed by atoms with E-state index in [-0.39, 0.29) is 5.75 Å². The molecule has 0 aliphatic rings. The number of thioether (sulfide) groups is 1. The summed E-state index contributed by atoms with van der Waals surface area (Å²) in [6.07, 6.45) is 0.599. The smallest absolute Gasteiger partial charge is 0.231 e. The van der Waals surface area contributed by atoms with E-state index in [1.165, 1.54) is 0 Å². The first-order chi connectivity index (χ1) is 9.13. The Kier molecular flexibility index (Phi) is 4.85. The lowest BCUT2D eigenvalue weighted by molar-refractivity contribution is 0.381. The maximum atomic E-state index is 9.21. The zero-order valence-corrected chi connectivity index (χ0v) is 12.0. The molecule has 1 aromatic carbocycles. The van der Waals surface area contributed by atoms with Gasteiger partial charge in [0.05, 0.1) is 12.2 Å². The van der Waals surface area contributed by atoms with E-state index in [9.17, 15) is 5.11 Å². The molecule has 1 N–H and O–H groups in total. The Morgan fingerprint density at radius 1 is 1.26 bits per heavy atom. The summed E-state index contributed by atoms with van der Waals surface area (Å²) < 4.78 is 5.22. The number of nitrogens with zero attached hydrogens (tertiary/aromatic N) is 2. The summed E-state index contributed by atoms with van der Waals surface area (Å²) in [6, 6.07) is 7.02. The second-order valence-electron chi connectivity index (χ2n) is 4.86. The van der Waals surface area contributed by atoms with E-state index in [4.69, 9.17) is 4.52 Å². The van der Waals surface area contributed by atoms with Crippen molar-refractivity contribution >= 4 is 11.8 Å². The summed E-state index contributed by atoms with van der Waals surface area (Å²) in [6.45, 7) is 4.39. The van der Waals surface area contributed by atoms with Crippen LogP contribution in [0.25, 0.3) is 0 Å². The van der Waals surface area contributed by atoms with Crippen LogP contribution in [0.2, 0.25) is 0 Å². The molecular weight excluding hydrogens is 260 g/mol. The number of aromatic hydroxyl groups is 1. The lowest BCUT2D eigenvalue weighted by atomic mass is 10.1. The van der Waals surface area contributed by atoms with Crippen LogP contribution in [-0.2, 0) is 12.2 Å². The molecular formula is C14H18N2O2S. The Morgan fingerprint density at radius 3 is 2.68 bits per heavy atom. The van der Waals surface area contributed by atoms with Crippen molar-refractivity contribution < 1.29 is 9.63 Å². The summed E-state index contributed by atoms with van der Waals surface area (Å²) in [5.41, 5.74) is 1.04. The van der Waals surface area contributed by atoms with Crippen molar-refractivity contribution in [2.24, 2.45) is 5.92 Å². The van der Waals surface area contributed by atoms with Gasteiger partial charge in [-0.1, -0.05) is 31.1 Å². The molecule has 0 saturated heterocycles. The summed E-state index contributed by atoms with van der Waals surface area (Å²) in [5.74, 6) is 4.19. The van der Waals surface area contributed by atoms with Gasteiger partial charge in [0.1, 0.15) is 5.75 Å². The van der Waals surface area contributed by atoms with Crippen LogP contribution in [0, 0.1) is 5.92 Å². The minimum atomic E-state index is 0.264. The van der Waals surface area contributed by atoms with Crippen LogP contribution in [0.1, 0.15) is 31.1 Å². The van der Waals surface area contributed by atoms with E-state index >= 15 is 0 Å². The summed E-state index contributed by atoms with van der Waals surface area (Å²) in [7, 11) is 0. The van der Waals surface area contributed by atoms with E-state index in [2.05, 4.69) is 24.0 Å². The average Bonchev–Trinajstić information content (AvgIpc) is 2.79. The number of phenols is 1. The first-order valence-electron chi connectivity index (χ1n) is 6.30. The highest BCUT2D eigenvalue weighted by Gasteiger charge is 2.07. The third kappa shape index (κ3) is 4.59. The lowest BCUT2D eigenvalue weighted by Crippen LogP contribution is -1.93. The standard InChI is InChI=1S/C14H18N2O2S/c1-10(2)8-19-9-13-15-14(18-16-13)7-11-3-5-12(17)6-4-11/h3-6,10,17H,7-9H2,1-2H3. The van der Waals surface area contributed by atoms with Crippen molar-refractivity contribution in [2.75, 3.05) is 5.75 Å². The van der Waals surface area contributed by atoms with Gasteiger partial charge in [-0.15, -0.1) is 0 Å². The summed E-state index contributed by atoms with van der Waals surface area (Å²) >= 11 is 1.82. The Labute approximate surface area is 117 Å². The van der Waals surface area contributed by atoms with Gasteiger partial charge in [-0.2, -0.15) is 16.7 Å². The van der Waals surface area contributed by atoms with Crippen molar-refractivity contribution in [3.05, 3.63) is 41.5 Å². The van der Waals surface area contributed by atoms with Crippen molar-refractivity contribution in [3.63, 3.8) is 0 Å². The van der Waals surface area contributed by atoms with Gasteiger partial charge in [0.2, 0.25) is 5.89 Å². The number of benzene rings is 1. The molecule has 0 amide bonds. The van der Waals surface area contributed by atoms with Crippen LogP contribution in [0.15, 0.2) is 28.8 Å². The third-order valence-electron chi connectivity index (χ3n) is 2.48. The maximum absolute atomic E-state index is 9.21. The Balaban J connectivity index is 1.88. The molecule has 0 spiro atoms. The molecule has 0 atom stereocenters. The van der Waals surface area contributed by atoms with Crippen LogP contribution in [0.5, 0.6) is 5.75 Å². The minimum absolute atomic E-state index is 0.264. The zero-order valence-electron chi connectivity index (χ0n) is 11.2. The molecule has 0 fully saturated rings. The summed E-state index contributed by atoms with van der Waals surface area (Å²) in [4.78, 5) is 4.36. The third-order valence-corrected chi connectivity index (χ3v) is 3.85. The molecule has 2 aromatic rings. The topological polar surface area (TPSA) is 59.2 Å². The Morgan fingerprint density at radius 2 is 2.00 bits per heavy atom. The van der Waals surface area contributed by atoms with Crippen molar-refractivity contribution in [1.29, 1.82) is 0 Å². The Bertz CT molecular complexity index is 508. The molecule has 102 valence electrons. The average molecular weight is 278 g/mol. The lowest BCUT2D eigenvalue weighted by Gasteiger charge is -2.00. The fourth-order valence-electron chi connectivity index (χ4n) is 1.59. The van der Waals surface area contributed by atoms with Gasteiger partial charge >= 0.3 is 0 Å². The van der Waals surface area contributed by atoms with Crippen LogP contribution >= 0.6 is 11.8 Å². The fraction of sp³-hybridized carbons (Fsp3) is 0.429. The predicted octanol–water partition coefficient (Wildman–Crippen LogP) is 3.26. The molecule has 0 aliphatic carbocycles. The second kappa shape index (κ2) is 6.61. The van der Waals surface area contributed by atoms with Gasteiger partial charge in [-0.3, -0.25) is 0 Å². The molecule has 4 nitrogen and oxygen atoms in total. The van der Waals surface area contributed by atoms with Gasteiger partial charge in [-0.25, -0.2) is 0 Å². The van der Waals surface area contributed by atoms with E-state index in [0.717, 1.165) is 22.9 Å². The van der Waals surface area contributed by atoms with Gasteiger partial charge in [0, 0.05) is 0 Å². The molecule has 5 heteroatoms. The van der Waals surface area contributed by atoms with Crippen LogP contribution in [0.3, 0.4) is 0 Å².